The summed E-state index contributed by atoms with van der Waals surface area (Å²) in [4.78, 5) is 0. The predicted octanol–water partition coefficient (Wildman–Crippen LogP) is 3.61. The second-order valence-corrected chi connectivity index (χ2v) is 7.47. The summed E-state index contributed by atoms with van der Waals surface area (Å²) >= 11 is 3.26. The van der Waals surface area contributed by atoms with Gasteiger partial charge in [-0.1, -0.05) is 22.5 Å². The maximum atomic E-state index is 13.5. The molecule has 1 aromatic carbocycles. The molecule has 1 N–H and O–H groups in total. The van der Waals surface area contributed by atoms with Gasteiger partial charge in [0, 0.05) is 15.7 Å². The normalized spacial score (nSPS) is 13.2. The first-order chi connectivity index (χ1) is 7.71. The van der Waals surface area contributed by atoms with E-state index < -0.39 is 21.5 Å². The Balaban J connectivity index is 2.91. The van der Waals surface area contributed by atoms with E-state index in [0.717, 1.165) is 4.47 Å². The average Bonchev–Trinajstić information content (AvgIpc) is 2.20. The number of rotatable bonds is 3. The van der Waals surface area contributed by atoms with E-state index in [1.807, 2.05) is 20.8 Å². The van der Waals surface area contributed by atoms with Crippen LogP contribution in [-0.2, 0) is 11.0 Å². The van der Waals surface area contributed by atoms with E-state index in [1.54, 1.807) is 12.1 Å². The van der Waals surface area contributed by atoms with E-state index in [0.29, 0.717) is 11.3 Å². The zero-order valence-corrected chi connectivity index (χ0v) is 12.4. The Morgan fingerprint density at radius 3 is 2.59 bits per heavy atom. The molecule has 0 amide bonds. The molecule has 0 fully saturated rings. The van der Waals surface area contributed by atoms with Crippen LogP contribution >= 0.6 is 15.9 Å². The zero-order valence-electron chi connectivity index (χ0n) is 10.0. The van der Waals surface area contributed by atoms with E-state index in [4.69, 9.17) is 0 Å². The van der Waals surface area contributed by atoms with Gasteiger partial charge in [-0.2, -0.15) is 0 Å². The first-order valence-electron chi connectivity index (χ1n) is 5.04. The van der Waals surface area contributed by atoms with Crippen LogP contribution in [0.1, 0.15) is 26.3 Å². The molecule has 0 spiro atoms. The third-order valence-electron chi connectivity index (χ3n) is 2.03. The minimum absolute atomic E-state index is 0.317. The molecule has 2 nitrogen and oxygen atoms in total. The van der Waals surface area contributed by atoms with Crippen molar-refractivity contribution in [1.29, 1.82) is 0 Å². The van der Waals surface area contributed by atoms with Crippen molar-refractivity contribution in [3.63, 3.8) is 0 Å². The van der Waals surface area contributed by atoms with E-state index in [2.05, 4.69) is 27.2 Å². The molecule has 0 saturated heterocycles. The summed E-state index contributed by atoms with van der Waals surface area (Å²) in [5, 5.41) is 0. The van der Waals surface area contributed by atoms with Crippen molar-refractivity contribution >= 4 is 32.6 Å². The molecule has 94 valence electrons. The van der Waals surface area contributed by atoms with Gasteiger partial charge in [-0.25, -0.2) is 8.60 Å². The number of nitrogens with one attached hydrogen (secondary N) is 1. The van der Waals surface area contributed by atoms with Crippen molar-refractivity contribution in [3.05, 3.63) is 40.6 Å². The SMILES string of the molecule is C=C(NS(=O)C(C)(C)C)c1cc(Br)ccc1F. The first kappa shape index (κ1) is 14.4. The molecule has 1 rings (SSSR count). The van der Waals surface area contributed by atoms with Crippen LogP contribution in [-0.4, -0.2) is 8.96 Å². The number of hydrogen-bond acceptors (Lipinski definition) is 1. The van der Waals surface area contributed by atoms with Gasteiger partial charge in [0.1, 0.15) is 16.8 Å². The summed E-state index contributed by atoms with van der Waals surface area (Å²) in [6.07, 6.45) is 0. The molecule has 1 unspecified atom stereocenters. The lowest BCUT2D eigenvalue weighted by Gasteiger charge is -2.20. The lowest BCUT2D eigenvalue weighted by molar-refractivity contribution is 0.622. The fourth-order valence-electron chi connectivity index (χ4n) is 1.05. The molecule has 1 aromatic rings. The molecule has 0 aliphatic carbocycles. The maximum Gasteiger partial charge on any atom is 0.132 e. The van der Waals surface area contributed by atoms with Crippen molar-refractivity contribution in [2.45, 2.75) is 25.5 Å². The lowest BCUT2D eigenvalue weighted by Crippen LogP contribution is -2.32. The summed E-state index contributed by atoms with van der Waals surface area (Å²) in [7, 11) is -1.31. The molecule has 5 heteroatoms. The highest BCUT2D eigenvalue weighted by atomic mass is 79.9. The van der Waals surface area contributed by atoms with Crippen LogP contribution in [0.3, 0.4) is 0 Å². The van der Waals surface area contributed by atoms with Crippen LogP contribution in [0.5, 0.6) is 0 Å². The van der Waals surface area contributed by atoms with Crippen molar-refractivity contribution in [1.82, 2.24) is 4.72 Å². The van der Waals surface area contributed by atoms with Crippen LogP contribution in [0.15, 0.2) is 29.3 Å². The molecule has 0 bridgehead atoms. The Morgan fingerprint density at radius 1 is 1.47 bits per heavy atom. The summed E-state index contributed by atoms with van der Waals surface area (Å²) in [5.74, 6) is -0.392. The second-order valence-electron chi connectivity index (χ2n) is 4.59. The molecule has 0 aliphatic rings. The highest BCUT2D eigenvalue weighted by Gasteiger charge is 2.21. The lowest BCUT2D eigenvalue weighted by atomic mass is 10.2. The van der Waals surface area contributed by atoms with Crippen LogP contribution in [0, 0.1) is 5.82 Å². The Labute approximate surface area is 112 Å². The highest BCUT2D eigenvalue weighted by Crippen LogP contribution is 2.21. The monoisotopic (exact) mass is 319 g/mol. The largest absolute Gasteiger partial charge is 0.305 e. The highest BCUT2D eigenvalue weighted by molar-refractivity contribution is 9.10. The van der Waals surface area contributed by atoms with E-state index in [1.165, 1.54) is 6.07 Å². The number of hydrogen-bond donors (Lipinski definition) is 1. The number of benzene rings is 1. The molecule has 0 heterocycles. The summed E-state index contributed by atoms with van der Waals surface area (Å²) in [5.41, 5.74) is 0.633. The summed E-state index contributed by atoms with van der Waals surface area (Å²) in [6, 6.07) is 4.55. The minimum Gasteiger partial charge on any atom is -0.305 e. The van der Waals surface area contributed by atoms with Crippen LogP contribution < -0.4 is 4.72 Å². The topological polar surface area (TPSA) is 29.1 Å². The van der Waals surface area contributed by atoms with Crippen LogP contribution in [0.25, 0.3) is 5.70 Å². The van der Waals surface area contributed by atoms with E-state index in [-0.39, 0.29) is 0 Å². The molecule has 0 radical (unpaired) electrons. The fraction of sp³-hybridized carbons (Fsp3) is 0.333. The van der Waals surface area contributed by atoms with Crippen molar-refractivity contribution in [3.8, 4) is 0 Å². The standard InChI is InChI=1S/C12H15BrFNOS/c1-8(15-17(16)12(2,3)4)10-7-9(13)5-6-11(10)14/h5-7,15H,1H2,2-4H3. The van der Waals surface area contributed by atoms with Gasteiger partial charge in [0.05, 0.1) is 4.75 Å². The molecule has 0 aromatic heterocycles. The summed E-state index contributed by atoms with van der Waals surface area (Å²) in [6.45, 7) is 9.22. The van der Waals surface area contributed by atoms with E-state index in [9.17, 15) is 8.60 Å². The van der Waals surface area contributed by atoms with Crippen molar-refractivity contribution < 1.29 is 8.60 Å². The second kappa shape index (κ2) is 5.31. The van der Waals surface area contributed by atoms with Gasteiger partial charge in [-0.15, -0.1) is 0 Å². The minimum atomic E-state index is -1.31. The Bertz CT molecular complexity index is 468. The predicted molar refractivity (Wildman–Crippen MR) is 74.2 cm³/mol. The molecular formula is C12H15BrFNOS. The van der Waals surface area contributed by atoms with E-state index >= 15 is 0 Å². The Morgan fingerprint density at radius 2 is 2.06 bits per heavy atom. The maximum absolute atomic E-state index is 13.5. The Hall–Kier alpha value is -0.680. The van der Waals surface area contributed by atoms with Gasteiger partial charge in [0.25, 0.3) is 0 Å². The van der Waals surface area contributed by atoms with Gasteiger partial charge in [0.15, 0.2) is 0 Å². The zero-order chi connectivity index (χ0) is 13.2. The van der Waals surface area contributed by atoms with Crippen LogP contribution in [0.2, 0.25) is 0 Å². The van der Waals surface area contributed by atoms with Gasteiger partial charge in [-0.3, -0.25) is 0 Å². The smallest absolute Gasteiger partial charge is 0.132 e. The Kier molecular flexibility index (Phi) is 4.49. The molecule has 17 heavy (non-hydrogen) atoms. The van der Waals surface area contributed by atoms with Crippen molar-refractivity contribution in [2.24, 2.45) is 0 Å². The van der Waals surface area contributed by atoms with Gasteiger partial charge in [0.2, 0.25) is 0 Å². The van der Waals surface area contributed by atoms with Crippen LogP contribution in [0.4, 0.5) is 4.39 Å². The van der Waals surface area contributed by atoms with Gasteiger partial charge in [-0.05, 0) is 39.0 Å². The van der Waals surface area contributed by atoms with Gasteiger partial charge < -0.3 is 4.72 Å². The first-order valence-corrected chi connectivity index (χ1v) is 6.99. The third kappa shape index (κ3) is 3.92. The number of halogens is 2. The van der Waals surface area contributed by atoms with Crippen molar-refractivity contribution in [2.75, 3.05) is 0 Å². The molecule has 0 saturated carbocycles. The molecular weight excluding hydrogens is 305 g/mol. The third-order valence-corrected chi connectivity index (χ3v) is 4.06. The quantitative estimate of drug-likeness (QED) is 0.906. The fourth-order valence-corrected chi connectivity index (χ4v) is 2.05. The average molecular weight is 320 g/mol. The van der Waals surface area contributed by atoms with Gasteiger partial charge >= 0.3 is 0 Å². The molecule has 0 aliphatic heterocycles. The molecule has 1 atom stereocenters. The summed E-state index contributed by atoms with van der Waals surface area (Å²) < 4.78 is 28.4.